The van der Waals surface area contributed by atoms with Crippen molar-refractivity contribution in [2.24, 2.45) is 5.92 Å². The minimum atomic E-state index is -0.448. The molecule has 0 bridgehead atoms. The Balaban J connectivity index is 1.49. The highest BCUT2D eigenvalue weighted by Crippen LogP contribution is 2.25. The second kappa shape index (κ2) is 9.85. The standard InChI is InChI=1S/C23H31N3O5/c1-14(12-18-6-5-11-31-18)24-19(27)13-17-7-9-26(10-8-17)22(28)21-15(2)20(16(3)25-21)23(29)30-4/h5-6,11,14,17,25H,7-10,12-13H2,1-4H3,(H,24,27). The van der Waals surface area contributed by atoms with Gasteiger partial charge in [0.05, 0.1) is 18.9 Å². The van der Waals surface area contributed by atoms with Crippen LogP contribution in [0, 0.1) is 19.8 Å². The Kier molecular flexibility index (Phi) is 7.20. The van der Waals surface area contributed by atoms with Gasteiger partial charge in [-0.1, -0.05) is 0 Å². The monoisotopic (exact) mass is 429 g/mol. The van der Waals surface area contributed by atoms with Crippen LogP contribution in [-0.4, -0.2) is 53.9 Å². The fraction of sp³-hybridized carbons (Fsp3) is 0.522. The van der Waals surface area contributed by atoms with E-state index in [0.717, 1.165) is 18.6 Å². The van der Waals surface area contributed by atoms with Crippen molar-refractivity contribution in [3.05, 3.63) is 46.7 Å². The van der Waals surface area contributed by atoms with Crippen molar-refractivity contribution in [3.8, 4) is 0 Å². The van der Waals surface area contributed by atoms with Gasteiger partial charge in [0, 0.05) is 37.7 Å². The van der Waals surface area contributed by atoms with Gasteiger partial charge in [-0.15, -0.1) is 0 Å². The molecule has 8 nitrogen and oxygen atoms in total. The molecule has 31 heavy (non-hydrogen) atoms. The van der Waals surface area contributed by atoms with E-state index in [1.165, 1.54) is 7.11 Å². The zero-order valence-electron chi connectivity index (χ0n) is 18.6. The summed E-state index contributed by atoms with van der Waals surface area (Å²) in [6.45, 7) is 6.65. The number of carbonyl (C=O) groups excluding carboxylic acids is 3. The summed E-state index contributed by atoms with van der Waals surface area (Å²) < 4.78 is 10.1. The summed E-state index contributed by atoms with van der Waals surface area (Å²) in [6, 6.07) is 3.74. The molecule has 0 saturated carbocycles. The average Bonchev–Trinajstić information content (AvgIpc) is 3.34. The van der Waals surface area contributed by atoms with Crippen LogP contribution in [0.3, 0.4) is 0 Å². The van der Waals surface area contributed by atoms with Crippen LogP contribution in [0.1, 0.15) is 64.1 Å². The van der Waals surface area contributed by atoms with Gasteiger partial charge < -0.3 is 24.4 Å². The van der Waals surface area contributed by atoms with Gasteiger partial charge in [-0.25, -0.2) is 4.79 Å². The minimum absolute atomic E-state index is 0.00316. The van der Waals surface area contributed by atoms with E-state index in [1.54, 1.807) is 25.0 Å². The topological polar surface area (TPSA) is 105 Å². The van der Waals surface area contributed by atoms with Crippen molar-refractivity contribution in [1.29, 1.82) is 0 Å². The highest BCUT2D eigenvalue weighted by Gasteiger charge is 2.29. The summed E-state index contributed by atoms with van der Waals surface area (Å²) in [6.07, 6.45) is 4.29. The number of nitrogens with one attached hydrogen (secondary N) is 2. The molecule has 1 unspecified atom stereocenters. The summed E-state index contributed by atoms with van der Waals surface area (Å²) in [7, 11) is 1.33. The van der Waals surface area contributed by atoms with Gasteiger partial charge in [0.25, 0.3) is 5.91 Å². The number of aromatic nitrogens is 1. The molecule has 8 heteroatoms. The van der Waals surface area contributed by atoms with Gasteiger partial charge in [0.2, 0.25) is 5.91 Å². The van der Waals surface area contributed by atoms with E-state index in [9.17, 15) is 14.4 Å². The number of ether oxygens (including phenoxy) is 1. The molecule has 168 valence electrons. The van der Waals surface area contributed by atoms with Gasteiger partial charge in [0.15, 0.2) is 0 Å². The van der Waals surface area contributed by atoms with Gasteiger partial charge in [-0.2, -0.15) is 0 Å². The third kappa shape index (κ3) is 5.37. The maximum Gasteiger partial charge on any atom is 0.339 e. The number of aromatic amines is 1. The van der Waals surface area contributed by atoms with Gasteiger partial charge >= 0.3 is 5.97 Å². The zero-order valence-corrected chi connectivity index (χ0v) is 18.6. The molecule has 2 aromatic heterocycles. The van der Waals surface area contributed by atoms with E-state index in [0.29, 0.717) is 48.4 Å². The van der Waals surface area contributed by atoms with E-state index < -0.39 is 5.97 Å². The second-order valence-corrected chi connectivity index (χ2v) is 8.31. The molecule has 2 amide bonds. The lowest BCUT2D eigenvalue weighted by Gasteiger charge is -2.32. The molecule has 3 heterocycles. The molecular formula is C23H31N3O5. The smallest absolute Gasteiger partial charge is 0.339 e. The highest BCUT2D eigenvalue weighted by molar-refractivity contribution is 6.00. The SMILES string of the molecule is COC(=O)c1c(C)[nH]c(C(=O)N2CCC(CC(=O)NC(C)Cc3ccco3)CC2)c1C. The van der Waals surface area contributed by atoms with E-state index >= 15 is 0 Å². The fourth-order valence-electron chi connectivity index (χ4n) is 4.25. The summed E-state index contributed by atoms with van der Waals surface area (Å²) in [4.78, 5) is 42.2. The van der Waals surface area contributed by atoms with Gasteiger partial charge in [-0.05, 0) is 57.2 Å². The first-order valence-electron chi connectivity index (χ1n) is 10.7. The normalized spacial score (nSPS) is 15.5. The number of hydrogen-bond acceptors (Lipinski definition) is 5. The number of carbonyl (C=O) groups is 3. The summed E-state index contributed by atoms with van der Waals surface area (Å²) in [5.74, 6) is 0.561. The number of hydrogen-bond donors (Lipinski definition) is 2. The Morgan fingerprint density at radius 1 is 1.29 bits per heavy atom. The Bertz CT molecular complexity index is 923. The lowest BCUT2D eigenvalue weighted by atomic mass is 9.92. The summed E-state index contributed by atoms with van der Waals surface area (Å²) in [5.41, 5.74) is 2.09. The molecule has 0 aliphatic carbocycles. The molecule has 2 aromatic rings. The first-order chi connectivity index (χ1) is 14.8. The van der Waals surface area contributed by atoms with E-state index in [2.05, 4.69) is 10.3 Å². The average molecular weight is 430 g/mol. The number of amides is 2. The number of rotatable bonds is 7. The Morgan fingerprint density at radius 3 is 2.61 bits per heavy atom. The second-order valence-electron chi connectivity index (χ2n) is 8.31. The maximum absolute atomic E-state index is 13.0. The molecule has 1 fully saturated rings. The third-order valence-corrected chi connectivity index (χ3v) is 5.91. The molecule has 1 aliphatic heterocycles. The lowest BCUT2D eigenvalue weighted by molar-refractivity contribution is -0.122. The highest BCUT2D eigenvalue weighted by atomic mass is 16.5. The van der Waals surface area contributed by atoms with Gasteiger partial charge in [0.1, 0.15) is 11.5 Å². The molecular weight excluding hydrogens is 398 g/mol. The van der Waals surface area contributed by atoms with E-state index in [-0.39, 0.29) is 23.8 Å². The van der Waals surface area contributed by atoms with Crippen LogP contribution >= 0.6 is 0 Å². The number of aryl methyl sites for hydroxylation is 1. The number of nitrogens with zero attached hydrogens (tertiary/aromatic N) is 1. The molecule has 0 radical (unpaired) electrons. The number of piperidine rings is 1. The number of esters is 1. The quantitative estimate of drug-likeness (QED) is 0.659. The van der Waals surface area contributed by atoms with Crippen molar-refractivity contribution in [1.82, 2.24) is 15.2 Å². The summed E-state index contributed by atoms with van der Waals surface area (Å²) in [5, 5.41) is 3.03. The molecule has 1 aliphatic rings. The molecule has 0 aromatic carbocycles. The van der Waals surface area contributed by atoms with Gasteiger partial charge in [-0.3, -0.25) is 9.59 Å². The maximum atomic E-state index is 13.0. The predicted octanol–water partition coefficient (Wildman–Crippen LogP) is 3.00. The molecule has 3 rings (SSSR count). The fourth-order valence-corrected chi connectivity index (χ4v) is 4.25. The Hall–Kier alpha value is -3.03. The Morgan fingerprint density at radius 2 is 2.00 bits per heavy atom. The predicted molar refractivity (Wildman–Crippen MR) is 115 cm³/mol. The lowest BCUT2D eigenvalue weighted by Crippen LogP contribution is -2.41. The van der Waals surface area contributed by atoms with E-state index in [1.807, 2.05) is 19.1 Å². The van der Waals surface area contributed by atoms with Crippen LogP contribution < -0.4 is 5.32 Å². The van der Waals surface area contributed by atoms with Crippen LogP contribution in [0.25, 0.3) is 0 Å². The van der Waals surface area contributed by atoms with Crippen LogP contribution in [0.2, 0.25) is 0 Å². The third-order valence-electron chi connectivity index (χ3n) is 5.91. The van der Waals surface area contributed by atoms with Crippen molar-refractivity contribution in [2.45, 2.75) is 52.5 Å². The Labute approximate surface area is 182 Å². The molecule has 0 spiro atoms. The number of H-pyrrole nitrogens is 1. The van der Waals surface area contributed by atoms with Crippen molar-refractivity contribution in [3.63, 3.8) is 0 Å². The largest absolute Gasteiger partial charge is 0.469 e. The first kappa shape index (κ1) is 22.7. The molecule has 1 atom stereocenters. The van der Waals surface area contributed by atoms with E-state index in [4.69, 9.17) is 9.15 Å². The van der Waals surface area contributed by atoms with Crippen molar-refractivity contribution in [2.75, 3.05) is 20.2 Å². The minimum Gasteiger partial charge on any atom is -0.469 e. The molecule has 1 saturated heterocycles. The van der Waals surface area contributed by atoms with Crippen molar-refractivity contribution < 1.29 is 23.5 Å². The number of likely N-dealkylation sites (tertiary alicyclic amines) is 1. The van der Waals surface area contributed by atoms with Crippen LogP contribution in [0.5, 0.6) is 0 Å². The van der Waals surface area contributed by atoms with Crippen LogP contribution in [0.15, 0.2) is 22.8 Å². The molecule has 2 N–H and O–H groups in total. The number of methoxy groups -OCH3 is 1. The first-order valence-corrected chi connectivity index (χ1v) is 10.7. The summed E-state index contributed by atoms with van der Waals surface area (Å²) >= 11 is 0. The zero-order chi connectivity index (χ0) is 22.5. The van der Waals surface area contributed by atoms with Crippen molar-refractivity contribution >= 4 is 17.8 Å². The van der Waals surface area contributed by atoms with Crippen LogP contribution in [-0.2, 0) is 16.0 Å². The number of furan rings is 1. The van der Waals surface area contributed by atoms with Crippen LogP contribution in [0.4, 0.5) is 0 Å².